The summed E-state index contributed by atoms with van der Waals surface area (Å²) in [6.07, 6.45) is 0. The number of hydrogen-bond donors (Lipinski definition) is 2. The smallest absolute Gasteiger partial charge is 0.252 e. The van der Waals surface area contributed by atoms with Crippen molar-refractivity contribution >= 4 is 17.5 Å². The molecule has 0 fully saturated rings. The summed E-state index contributed by atoms with van der Waals surface area (Å²) in [5, 5.41) is 14.5. The number of anilines is 1. The number of benzene rings is 2. The third-order valence-corrected chi connectivity index (χ3v) is 3.88. The third kappa shape index (κ3) is 4.67. The summed E-state index contributed by atoms with van der Waals surface area (Å²) >= 11 is 0. The van der Waals surface area contributed by atoms with Crippen LogP contribution in [-0.2, 0) is 4.79 Å². The van der Waals surface area contributed by atoms with E-state index >= 15 is 0 Å². The molecule has 1 atom stereocenters. The molecule has 2 amide bonds. The van der Waals surface area contributed by atoms with Crippen molar-refractivity contribution in [1.29, 1.82) is 5.26 Å². The van der Waals surface area contributed by atoms with Crippen molar-refractivity contribution in [2.45, 2.75) is 26.8 Å². The number of carbonyl (C=O) groups is 2. The van der Waals surface area contributed by atoms with Gasteiger partial charge in [0.2, 0.25) is 5.91 Å². The summed E-state index contributed by atoms with van der Waals surface area (Å²) in [4.78, 5) is 25.1. The van der Waals surface area contributed by atoms with Crippen LogP contribution in [0.5, 0.6) is 0 Å². The van der Waals surface area contributed by atoms with E-state index in [1.54, 1.807) is 36.4 Å². The van der Waals surface area contributed by atoms with Gasteiger partial charge in [0.25, 0.3) is 5.91 Å². The summed E-state index contributed by atoms with van der Waals surface area (Å²) in [5.41, 5.74) is 2.39. The minimum atomic E-state index is -0.683. The highest BCUT2D eigenvalue weighted by molar-refractivity contribution is 6.01. The van der Waals surface area contributed by atoms with Gasteiger partial charge in [0.05, 0.1) is 11.6 Å². The van der Waals surface area contributed by atoms with Crippen LogP contribution in [0.2, 0.25) is 0 Å². The maximum absolute atomic E-state index is 12.6. The Morgan fingerprint density at radius 1 is 1.08 bits per heavy atom. The Hall–Kier alpha value is -3.13. The van der Waals surface area contributed by atoms with Crippen molar-refractivity contribution < 1.29 is 9.59 Å². The molecule has 0 spiro atoms. The molecule has 2 aromatic rings. The molecule has 0 heterocycles. The van der Waals surface area contributed by atoms with E-state index < -0.39 is 6.04 Å². The van der Waals surface area contributed by atoms with Gasteiger partial charge in [0.1, 0.15) is 6.04 Å². The molecule has 0 aliphatic carbocycles. The van der Waals surface area contributed by atoms with Crippen LogP contribution in [0.3, 0.4) is 0 Å². The molecule has 0 bridgehead atoms. The molecular weight excluding hydrogens is 314 g/mol. The predicted molar refractivity (Wildman–Crippen MR) is 97.1 cm³/mol. The van der Waals surface area contributed by atoms with Crippen LogP contribution >= 0.6 is 0 Å². The lowest BCUT2D eigenvalue weighted by atomic mass is 10.0. The van der Waals surface area contributed by atoms with Crippen LogP contribution in [0.15, 0.2) is 48.5 Å². The highest BCUT2D eigenvalue weighted by Crippen LogP contribution is 2.13. The second-order valence-electron chi connectivity index (χ2n) is 6.19. The molecule has 1 unspecified atom stereocenters. The molecule has 0 aliphatic rings. The van der Waals surface area contributed by atoms with Crippen molar-refractivity contribution in [2.75, 3.05) is 5.32 Å². The summed E-state index contributed by atoms with van der Waals surface area (Å²) in [7, 11) is 0. The number of nitrogens with zero attached hydrogens (tertiary/aromatic N) is 1. The Morgan fingerprint density at radius 2 is 1.80 bits per heavy atom. The number of nitrogens with one attached hydrogen (secondary N) is 2. The molecular formula is C20H21N3O2. The van der Waals surface area contributed by atoms with Gasteiger partial charge < -0.3 is 10.6 Å². The average molecular weight is 335 g/mol. The van der Waals surface area contributed by atoms with Crippen LogP contribution in [0.25, 0.3) is 0 Å². The minimum Gasteiger partial charge on any atom is -0.340 e. The van der Waals surface area contributed by atoms with Crippen LogP contribution in [0.4, 0.5) is 5.69 Å². The Labute approximate surface area is 147 Å². The maximum Gasteiger partial charge on any atom is 0.252 e. The largest absolute Gasteiger partial charge is 0.340 e. The van der Waals surface area contributed by atoms with E-state index in [2.05, 4.69) is 10.6 Å². The number of amides is 2. The monoisotopic (exact) mass is 335 g/mol. The Morgan fingerprint density at radius 3 is 2.44 bits per heavy atom. The highest BCUT2D eigenvalue weighted by atomic mass is 16.2. The number of aryl methyl sites for hydroxylation is 1. The van der Waals surface area contributed by atoms with Gasteiger partial charge in [-0.1, -0.05) is 38.1 Å². The first-order valence-corrected chi connectivity index (χ1v) is 8.10. The first-order chi connectivity index (χ1) is 11.9. The summed E-state index contributed by atoms with van der Waals surface area (Å²) in [6, 6.07) is 15.3. The van der Waals surface area contributed by atoms with Crippen molar-refractivity contribution in [3.05, 3.63) is 65.2 Å². The lowest BCUT2D eigenvalue weighted by Gasteiger charge is -2.22. The van der Waals surface area contributed by atoms with Crippen molar-refractivity contribution in [3.63, 3.8) is 0 Å². The molecule has 2 aromatic carbocycles. The Kier molecular flexibility index (Phi) is 5.91. The van der Waals surface area contributed by atoms with Crippen LogP contribution in [0.1, 0.15) is 35.3 Å². The van der Waals surface area contributed by atoms with Crippen molar-refractivity contribution in [3.8, 4) is 6.07 Å². The number of nitriles is 1. The summed E-state index contributed by atoms with van der Waals surface area (Å²) in [5.74, 6) is -0.683. The number of carbonyl (C=O) groups excluding carboxylic acids is 2. The van der Waals surface area contributed by atoms with E-state index in [1.165, 1.54) is 0 Å². The molecule has 25 heavy (non-hydrogen) atoms. The zero-order valence-electron chi connectivity index (χ0n) is 14.5. The molecule has 2 N–H and O–H groups in total. The molecule has 5 nitrogen and oxygen atoms in total. The minimum absolute atomic E-state index is 0.0906. The van der Waals surface area contributed by atoms with Gasteiger partial charge in [-0.15, -0.1) is 0 Å². The molecule has 0 saturated heterocycles. The number of hydrogen-bond acceptors (Lipinski definition) is 3. The van der Waals surface area contributed by atoms with Gasteiger partial charge in [-0.05, 0) is 42.7 Å². The molecule has 0 saturated carbocycles. The van der Waals surface area contributed by atoms with E-state index in [-0.39, 0.29) is 17.7 Å². The molecule has 0 aromatic heterocycles. The second kappa shape index (κ2) is 8.11. The van der Waals surface area contributed by atoms with Crippen LogP contribution in [0, 0.1) is 24.2 Å². The number of rotatable bonds is 5. The van der Waals surface area contributed by atoms with Gasteiger partial charge >= 0.3 is 0 Å². The van der Waals surface area contributed by atoms with Gasteiger partial charge in [-0.3, -0.25) is 9.59 Å². The Bertz CT molecular complexity index is 822. The van der Waals surface area contributed by atoms with E-state index in [0.29, 0.717) is 16.8 Å². The fourth-order valence-corrected chi connectivity index (χ4v) is 2.47. The van der Waals surface area contributed by atoms with Gasteiger partial charge in [-0.2, -0.15) is 5.26 Å². The van der Waals surface area contributed by atoms with Crippen molar-refractivity contribution in [2.24, 2.45) is 5.92 Å². The average Bonchev–Trinajstić information content (AvgIpc) is 2.59. The lowest BCUT2D eigenvalue weighted by molar-refractivity contribution is -0.118. The molecule has 0 aliphatic heterocycles. The normalized spacial score (nSPS) is 11.5. The zero-order valence-corrected chi connectivity index (χ0v) is 14.5. The molecule has 5 heteroatoms. The fourth-order valence-electron chi connectivity index (χ4n) is 2.47. The first kappa shape index (κ1) is 18.2. The van der Waals surface area contributed by atoms with Crippen LogP contribution < -0.4 is 10.6 Å². The van der Waals surface area contributed by atoms with E-state index in [0.717, 1.165) is 5.56 Å². The summed E-state index contributed by atoms with van der Waals surface area (Å²) < 4.78 is 0. The second-order valence-corrected chi connectivity index (χ2v) is 6.19. The van der Waals surface area contributed by atoms with E-state index in [4.69, 9.17) is 5.26 Å². The standard InChI is InChI=1S/C20H21N3O2/c1-13(2)18(23-19(24)17-10-5-4-7-14(17)3)20(25)22-16-9-6-8-15(11-16)12-21/h4-11,13,18H,1-3H3,(H,22,25)(H,23,24). The fraction of sp³-hybridized carbons (Fsp3) is 0.250. The van der Waals surface area contributed by atoms with E-state index in [1.807, 2.05) is 39.0 Å². The van der Waals surface area contributed by atoms with Gasteiger partial charge in [0.15, 0.2) is 0 Å². The Balaban J connectivity index is 2.14. The zero-order chi connectivity index (χ0) is 18.4. The lowest BCUT2D eigenvalue weighted by Crippen LogP contribution is -2.47. The summed E-state index contributed by atoms with van der Waals surface area (Å²) in [6.45, 7) is 5.59. The van der Waals surface area contributed by atoms with E-state index in [9.17, 15) is 9.59 Å². The maximum atomic E-state index is 12.6. The third-order valence-electron chi connectivity index (χ3n) is 3.88. The molecule has 0 radical (unpaired) electrons. The van der Waals surface area contributed by atoms with Crippen molar-refractivity contribution in [1.82, 2.24) is 5.32 Å². The topological polar surface area (TPSA) is 82.0 Å². The predicted octanol–water partition coefficient (Wildman–Crippen LogP) is 3.26. The molecule has 2 rings (SSSR count). The van der Waals surface area contributed by atoms with Gasteiger partial charge in [0, 0.05) is 11.3 Å². The highest BCUT2D eigenvalue weighted by Gasteiger charge is 2.25. The van der Waals surface area contributed by atoms with Crippen LogP contribution in [-0.4, -0.2) is 17.9 Å². The molecule has 128 valence electrons. The quantitative estimate of drug-likeness (QED) is 0.880. The first-order valence-electron chi connectivity index (χ1n) is 8.10. The van der Waals surface area contributed by atoms with Gasteiger partial charge in [-0.25, -0.2) is 0 Å². The SMILES string of the molecule is Cc1ccccc1C(=O)NC(C(=O)Nc1cccc(C#N)c1)C(C)C.